The third-order valence-corrected chi connectivity index (χ3v) is 5.25. The third kappa shape index (κ3) is 2.97. The normalized spacial score (nSPS) is 55.7. The number of rotatable bonds is 3. The van der Waals surface area contributed by atoms with Crippen LogP contribution in [0.3, 0.4) is 0 Å². The lowest BCUT2D eigenvalue weighted by atomic mass is 9.81. The molecule has 0 amide bonds. The number of fused-ring (bicyclic) bond motifs is 1. The molecule has 0 aromatic rings. The molecule has 2 heterocycles. The molecule has 1 aliphatic carbocycles. The lowest BCUT2D eigenvalue weighted by Crippen LogP contribution is -2.61. The van der Waals surface area contributed by atoms with Crippen LogP contribution < -0.4 is 0 Å². The molecule has 1 saturated heterocycles. The van der Waals surface area contributed by atoms with Crippen LogP contribution in [0.5, 0.6) is 0 Å². The first-order valence-corrected chi connectivity index (χ1v) is 8.04. The minimum absolute atomic E-state index is 0.129. The van der Waals surface area contributed by atoms with Gasteiger partial charge in [-0.1, -0.05) is 0 Å². The zero-order chi connectivity index (χ0) is 18.6. The van der Waals surface area contributed by atoms with Crippen LogP contribution in [0.15, 0.2) is 12.3 Å². The standard InChI is InChI=1S/C15H24O10/c1-14(21)4-7(17)15(22)2-3-23-13(11(14)15)25-12-10(20)9(19)8(18)6(5-16)24-12/h2-3,6-13,16-22H,4-5H2,1H3/t6-,7+,8-,9-,10-,11?,12-,13-,14+,15-/m1/s1. The molecule has 0 aromatic carbocycles. The van der Waals surface area contributed by atoms with Gasteiger partial charge in [-0.05, 0) is 13.0 Å². The smallest absolute Gasteiger partial charge is 0.210 e. The van der Waals surface area contributed by atoms with E-state index < -0.39 is 66.8 Å². The van der Waals surface area contributed by atoms with Crippen LogP contribution in [0.2, 0.25) is 0 Å². The summed E-state index contributed by atoms with van der Waals surface area (Å²) in [6.07, 6.45) is -7.87. The lowest BCUT2D eigenvalue weighted by Gasteiger charge is -2.45. The molecule has 0 spiro atoms. The van der Waals surface area contributed by atoms with Gasteiger partial charge in [-0.2, -0.15) is 0 Å². The summed E-state index contributed by atoms with van der Waals surface area (Å²) in [6.45, 7) is 0.783. The number of hydrogen-bond donors (Lipinski definition) is 7. The van der Waals surface area contributed by atoms with Crippen molar-refractivity contribution in [2.45, 2.75) is 67.6 Å². The summed E-state index contributed by atoms with van der Waals surface area (Å²) in [4.78, 5) is 0. The molecule has 2 fully saturated rings. The number of ether oxygens (including phenoxy) is 3. The maximum Gasteiger partial charge on any atom is 0.210 e. The Hall–Kier alpha value is -0.820. The van der Waals surface area contributed by atoms with E-state index in [0.717, 1.165) is 6.26 Å². The Morgan fingerprint density at radius 2 is 1.76 bits per heavy atom. The van der Waals surface area contributed by atoms with Gasteiger partial charge in [0.25, 0.3) is 0 Å². The van der Waals surface area contributed by atoms with Crippen LogP contribution in [0.4, 0.5) is 0 Å². The summed E-state index contributed by atoms with van der Waals surface area (Å²) in [7, 11) is 0. The van der Waals surface area contributed by atoms with E-state index in [0.29, 0.717) is 0 Å². The van der Waals surface area contributed by atoms with Crippen molar-refractivity contribution < 1.29 is 50.0 Å². The van der Waals surface area contributed by atoms with Gasteiger partial charge in [0.1, 0.15) is 30.0 Å². The van der Waals surface area contributed by atoms with Crippen LogP contribution in [0.25, 0.3) is 0 Å². The van der Waals surface area contributed by atoms with Crippen molar-refractivity contribution in [3.8, 4) is 0 Å². The van der Waals surface area contributed by atoms with E-state index in [1.54, 1.807) is 0 Å². The van der Waals surface area contributed by atoms with Gasteiger partial charge in [0, 0.05) is 6.42 Å². The zero-order valence-corrected chi connectivity index (χ0v) is 13.5. The molecule has 7 N–H and O–H groups in total. The molecule has 10 atom stereocenters. The monoisotopic (exact) mass is 364 g/mol. The molecule has 3 rings (SSSR count). The van der Waals surface area contributed by atoms with Crippen molar-refractivity contribution in [3.63, 3.8) is 0 Å². The Morgan fingerprint density at radius 3 is 2.40 bits per heavy atom. The molecule has 2 aliphatic heterocycles. The van der Waals surface area contributed by atoms with Gasteiger partial charge < -0.3 is 50.0 Å². The quantitative estimate of drug-likeness (QED) is 0.267. The molecule has 144 valence electrons. The fourth-order valence-electron chi connectivity index (χ4n) is 3.84. The highest BCUT2D eigenvalue weighted by molar-refractivity contribution is 5.21. The summed E-state index contributed by atoms with van der Waals surface area (Å²) in [5.74, 6) is -1.10. The molecule has 10 heteroatoms. The average molecular weight is 364 g/mol. The largest absolute Gasteiger partial charge is 0.472 e. The van der Waals surface area contributed by atoms with Gasteiger partial charge in [0.15, 0.2) is 6.29 Å². The second-order valence-electron chi connectivity index (χ2n) is 7.08. The Bertz CT molecular complexity index is 522. The van der Waals surface area contributed by atoms with Crippen LogP contribution in [-0.2, 0) is 14.2 Å². The Balaban J connectivity index is 1.81. The molecule has 0 radical (unpaired) electrons. The van der Waals surface area contributed by atoms with Crippen molar-refractivity contribution in [1.82, 2.24) is 0 Å². The number of aliphatic hydroxyl groups excluding tert-OH is 5. The molecule has 3 aliphatic rings. The van der Waals surface area contributed by atoms with Gasteiger partial charge in [0.05, 0.1) is 30.5 Å². The van der Waals surface area contributed by atoms with E-state index in [1.165, 1.54) is 13.0 Å². The average Bonchev–Trinajstić information content (AvgIpc) is 2.73. The molecule has 1 unspecified atom stereocenters. The Labute approximate surface area is 143 Å². The number of hydrogen-bond acceptors (Lipinski definition) is 10. The van der Waals surface area contributed by atoms with Gasteiger partial charge >= 0.3 is 0 Å². The zero-order valence-electron chi connectivity index (χ0n) is 13.5. The van der Waals surface area contributed by atoms with Crippen molar-refractivity contribution >= 4 is 0 Å². The van der Waals surface area contributed by atoms with E-state index in [-0.39, 0.29) is 6.42 Å². The van der Waals surface area contributed by atoms with Crippen molar-refractivity contribution in [2.24, 2.45) is 5.92 Å². The highest BCUT2D eigenvalue weighted by atomic mass is 16.8. The summed E-state index contributed by atoms with van der Waals surface area (Å²) >= 11 is 0. The van der Waals surface area contributed by atoms with E-state index in [4.69, 9.17) is 14.2 Å². The summed E-state index contributed by atoms with van der Waals surface area (Å²) in [6, 6.07) is 0. The predicted molar refractivity (Wildman–Crippen MR) is 78.6 cm³/mol. The minimum Gasteiger partial charge on any atom is -0.472 e. The van der Waals surface area contributed by atoms with Crippen molar-refractivity contribution in [3.05, 3.63) is 12.3 Å². The maximum atomic E-state index is 10.7. The Kier molecular flexibility index (Phi) is 4.86. The molecule has 0 bridgehead atoms. The highest BCUT2D eigenvalue weighted by Crippen LogP contribution is 2.49. The first kappa shape index (κ1) is 19.0. The predicted octanol–water partition coefficient (Wildman–Crippen LogP) is -3.46. The molecule has 1 saturated carbocycles. The van der Waals surface area contributed by atoms with Crippen LogP contribution >= 0.6 is 0 Å². The van der Waals surface area contributed by atoms with Gasteiger partial charge in [-0.15, -0.1) is 0 Å². The van der Waals surface area contributed by atoms with Crippen LogP contribution in [0.1, 0.15) is 13.3 Å². The van der Waals surface area contributed by atoms with Gasteiger partial charge in [0.2, 0.25) is 6.29 Å². The molecular weight excluding hydrogens is 340 g/mol. The summed E-state index contributed by atoms with van der Waals surface area (Å²) < 4.78 is 16.0. The fourth-order valence-corrected chi connectivity index (χ4v) is 3.84. The molecule has 10 nitrogen and oxygen atoms in total. The second kappa shape index (κ2) is 6.41. The van der Waals surface area contributed by atoms with Crippen molar-refractivity contribution in [2.75, 3.05) is 6.61 Å². The highest BCUT2D eigenvalue weighted by Gasteiger charge is 2.64. The first-order valence-electron chi connectivity index (χ1n) is 8.04. The van der Waals surface area contributed by atoms with Gasteiger partial charge in [-0.25, -0.2) is 0 Å². The summed E-state index contributed by atoms with van der Waals surface area (Å²) in [5.41, 5.74) is -3.35. The summed E-state index contributed by atoms with van der Waals surface area (Å²) in [5, 5.41) is 70.2. The lowest BCUT2D eigenvalue weighted by molar-refractivity contribution is -0.351. The van der Waals surface area contributed by atoms with E-state index in [2.05, 4.69) is 0 Å². The maximum absolute atomic E-state index is 10.7. The van der Waals surface area contributed by atoms with E-state index in [1.807, 2.05) is 0 Å². The fraction of sp³-hybridized carbons (Fsp3) is 0.867. The molecule has 0 aromatic heterocycles. The Morgan fingerprint density at radius 1 is 1.08 bits per heavy atom. The molecule has 25 heavy (non-hydrogen) atoms. The molecular formula is C15H24O10. The SMILES string of the molecule is C[C@]1(O)C[C@H](O)[C@]2(O)C=CO[C@H](O[C@H]3O[C@H](CO)[C@@H](O)[C@@H](O)[C@H]3O)C12. The van der Waals surface area contributed by atoms with Crippen molar-refractivity contribution in [1.29, 1.82) is 0 Å². The number of aliphatic hydroxyl groups is 7. The first-order chi connectivity index (χ1) is 11.6. The van der Waals surface area contributed by atoms with Gasteiger partial charge in [-0.3, -0.25) is 0 Å². The minimum atomic E-state index is -1.81. The third-order valence-electron chi connectivity index (χ3n) is 5.25. The van der Waals surface area contributed by atoms with E-state index in [9.17, 15) is 35.7 Å². The second-order valence-corrected chi connectivity index (χ2v) is 7.08. The van der Waals surface area contributed by atoms with Crippen LogP contribution in [0, 0.1) is 5.92 Å². The topological polar surface area (TPSA) is 169 Å². The van der Waals surface area contributed by atoms with E-state index >= 15 is 0 Å². The van der Waals surface area contributed by atoms with Crippen LogP contribution in [-0.4, -0.2) is 96.7 Å².